The second-order valence-corrected chi connectivity index (χ2v) is 5.92. The van der Waals surface area contributed by atoms with E-state index in [1.807, 2.05) is 0 Å². The molecule has 2 fully saturated rings. The van der Waals surface area contributed by atoms with Gasteiger partial charge < -0.3 is 9.80 Å². The van der Waals surface area contributed by atoms with Gasteiger partial charge >= 0.3 is 0 Å². The molecule has 0 aromatic heterocycles. The molecule has 3 nitrogen and oxygen atoms in total. The average Bonchev–Trinajstić information content (AvgIpc) is 2.40. The smallest absolute Gasteiger partial charge is 0.0447 e. The van der Waals surface area contributed by atoms with Gasteiger partial charge in [0.2, 0.25) is 0 Å². The number of anilines is 1. The van der Waals surface area contributed by atoms with Crippen molar-refractivity contribution >= 4 is 5.69 Å². The van der Waals surface area contributed by atoms with Gasteiger partial charge in [-0.25, -0.2) is 0 Å². The normalized spacial score (nSPS) is 22.5. The van der Waals surface area contributed by atoms with Gasteiger partial charge in [-0.3, -0.25) is 4.90 Å². The summed E-state index contributed by atoms with van der Waals surface area (Å²) >= 11 is 0. The largest absolute Gasteiger partial charge is 0.368 e. The van der Waals surface area contributed by atoms with Gasteiger partial charge in [-0.15, -0.1) is 0 Å². The molecular weight excluding hydrogens is 234 g/mol. The standard InChI is InChI=1S/C16H25N3/c1-3-14-5-4-6-15(11-14)19-12-16(13-19)18-9-7-17(2)8-10-18/h4-6,11,16H,3,7-10,12-13H2,1-2H3. The van der Waals surface area contributed by atoms with E-state index in [0.29, 0.717) is 0 Å². The fourth-order valence-corrected chi connectivity index (χ4v) is 3.06. The van der Waals surface area contributed by atoms with Crippen LogP contribution in [-0.2, 0) is 6.42 Å². The highest BCUT2D eigenvalue weighted by atomic mass is 15.3. The van der Waals surface area contributed by atoms with E-state index in [9.17, 15) is 0 Å². The van der Waals surface area contributed by atoms with E-state index in [2.05, 4.69) is 52.9 Å². The SMILES string of the molecule is CCc1cccc(N2CC(N3CCN(C)CC3)C2)c1. The van der Waals surface area contributed by atoms with Crippen LogP contribution in [0, 0.1) is 0 Å². The number of nitrogens with zero attached hydrogens (tertiary/aromatic N) is 3. The number of likely N-dealkylation sites (N-methyl/N-ethyl adjacent to an activating group) is 1. The van der Waals surface area contributed by atoms with Crippen LogP contribution in [-0.4, -0.2) is 62.2 Å². The van der Waals surface area contributed by atoms with Crippen molar-refractivity contribution in [3.05, 3.63) is 29.8 Å². The maximum Gasteiger partial charge on any atom is 0.0447 e. The van der Waals surface area contributed by atoms with E-state index in [1.54, 1.807) is 0 Å². The third kappa shape index (κ3) is 2.77. The molecule has 0 aliphatic carbocycles. The fraction of sp³-hybridized carbons (Fsp3) is 0.625. The third-order valence-corrected chi connectivity index (χ3v) is 4.60. The lowest BCUT2D eigenvalue weighted by molar-refractivity contribution is 0.0963. The van der Waals surface area contributed by atoms with E-state index in [1.165, 1.54) is 50.5 Å². The molecule has 2 saturated heterocycles. The fourth-order valence-electron chi connectivity index (χ4n) is 3.06. The molecule has 0 saturated carbocycles. The van der Waals surface area contributed by atoms with Crippen LogP contribution < -0.4 is 4.90 Å². The molecule has 0 spiro atoms. The summed E-state index contributed by atoms with van der Waals surface area (Å²) in [4.78, 5) is 7.61. The summed E-state index contributed by atoms with van der Waals surface area (Å²) < 4.78 is 0. The van der Waals surface area contributed by atoms with Crippen LogP contribution in [0.2, 0.25) is 0 Å². The summed E-state index contributed by atoms with van der Waals surface area (Å²) in [6.45, 7) is 9.56. The van der Waals surface area contributed by atoms with Gasteiger partial charge in [-0.1, -0.05) is 19.1 Å². The lowest BCUT2D eigenvalue weighted by Gasteiger charge is -2.49. The molecule has 3 rings (SSSR count). The third-order valence-electron chi connectivity index (χ3n) is 4.60. The molecule has 3 heteroatoms. The van der Waals surface area contributed by atoms with Crippen LogP contribution in [0.3, 0.4) is 0 Å². The van der Waals surface area contributed by atoms with E-state index in [0.717, 1.165) is 12.5 Å². The number of hydrogen-bond donors (Lipinski definition) is 0. The quantitative estimate of drug-likeness (QED) is 0.818. The highest BCUT2D eigenvalue weighted by Crippen LogP contribution is 2.25. The van der Waals surface area contributed by atoms with Crippen molar-refractivity contribution < 1.29 is 0 Å². The van der Waals surface area contributed by atoms with Crippen molar-refractivity contribution in [1.29, 1.82) is 0 Å². The minimum atomic E-state index is 0.777. The summed E-state index contributed by atoms with van der Waals surface area (Å²) in [6, 6.07) is 9.79. The van der Waals surface area contributed by atoms with Crippen LogP contribution in [0.4, 0.5) is 5.69 Å². The Morgan fingerprint density at radius 3 is 2.53 bits per heavy atom. The number of rotatable bonds is 3. The zero-order valence-electron chi connectivity index (χ0n) is 12.2. The maximum absolute atomic E-state index is 2.67. The van der Waals surface area contributed by atoms with Gasteiger partial charge in [0.25, 0.3) is 0 Å². The van der Waals surface area contributed by atoms with Crippen molar-refractivity contribution in [2.75, 3.05) is 51.2 Å². The molecule has 0 radical (unpaired) electrons. The molecule has 2 heterocycles. The molecule has 0 N–H and O–H groups in total. The Morgan fingerprint density at radius 1 is 1.11 bits per heavy atom. The maximum atomic E-state index is 2.67. The highest BCUT2D eigenvalue weighted by molar-refractivity contribution is 5.51. The Hall–Kier alpha value is -1.06. The summed E-state index contributed by atoms with van der Waals surface area (Å²) in [5.74, 6) is 0. The molecule has 104 valence electrons. The first-order valence-corrected chi connectivity index (χ1v) is 7.52. The Kier molecular flexibility index (Phi) is 3.76. The summed E-state index contributed by atoms with van der Waals surface area (Å²) in [5.41, 5.74) is 2.85. The highest BCUT2D eigenvalue weighted by Gasteiger charge is 2.33. The molecule has 2 aliphatic heterocycles. The zero-order valence-corrected chi connectivity index (χ0v) is 12.2. The van der Waals surface area contributed by atoms with E-state index < -0.39 is 0 Å². The Balaban J connectivity index is 1.54. The Morgan fingerprint density at radius 2 is 1.84 bits per heavy atom. The van der Waals surface area contributed by atoms with Gasteiger partial charge in [0.15, 0.2) is 0 Å². The van der Waals surface area contributed by atoms with Crippen LogP contribution in [0.15, 0.2) is 24.3 Å². The minimum absolute atomic E-state index is 0.777. The molecule has 19 heavy (non-hydrogen) atoms. The van der Waals surface area contributed by atoms with Gasteiger partial charge in [0.1, 0.15) is 0 Å². The van der Waals surface area contributed by atoms with Crippen molar-refractivity contribution in [1.82, 2.24) is 9.80 Å². The van der Waals surface area contributed by atoms with Crippen LogP contribution in [0.25, 0.3) is 0 Å². The zero-order chi connectivity index (χ0) is 13.2. The second-order valence-electron chi connectivity index (χ2n) is 5.92. The molecule has 1 aromatic carbocycles. The number of benzene rings is 1. The summed E-state index contributed by atoms with van der Waals surface area (Å²) in [7, 11) is 2.22. The molecule has 2 aliphatic rings. The monoisotopic (exact) mass is 259 g/mol. The second kappa shape index (κ2) is 5.51. The van der Waals surface area contributed by atoms with Crippen molar-refractivity contribution in [3.63, 3.8) is 0 Å². The number of aryl methyl sites for hydroxylation is 1. The molecule has 0 atom stereocenters. The Bertz CT molecular complexity index is 418. The molecule has 1 aromatic rings. The van der Waals surface area contributed by atoms with Crippen LogP contribution in [0.1, 0.15) is 12.5 Å². The first-order chi connectivity index (χ1) is 9.26. The summed E-state index contributed by atoms with van der Waals surface area (Å²) in [6.07, 6.45) is 1.13. The molecule has 0 bridgehead atoms. The molecule has 0 unspecified atom stereocenters. The van der Waals surface area contributed by atoms with Gasteiger partial charge in [0.05, 0.1) is 0 Å². The lowest BCUT2D eigenvalue weighted by atomic mass is 10.0. The first kappa shape index (κ1) is 12.9. The van der Waals surface area contributed by atoms with E-state index in [4.69, 9.17) is 0 Å². The predicted molar refractivity (Wildman–Crippen MR) is 80.9 cm³/mol. The van der Waals surface area contributed by atoms with Gasteiger partial charge in [-0.05, 0) is 31.2 Å². The molecular formula is C16H25N3. The first-order valence-electron chi connectivity index (χ1n) is 7.52. The number of hydrogen-bond acceptors (Lipinski definition) is 3. The van der Waals surface area contributed by atoms with Crippen molar-refractivity contribution in [2.45, 2.75) is 19.4 Å². The van der Waals surface area contributed by atoms with Crippen LogP contribution in [0.5, 0.6) is 0 Å². The van der Waals surface area contributed by atoms with Crippen LogP contribution >= 0.6 is 0 Å². The van der Waals surface area contributed by atoms with Gasteiger partial charge in [-0.2, -0.15) is 0 Å². The van der Waals surface area contributed by atoms with Gasteiger partial charge in [0, 0.05) is 51.0 Å². The topological polar surface area (TPSA) is 9.72 Å². The van der Waals surface area contributed by atoms with Crippen molar-refractivity contribution in [2.24, 2.45) is 0 Å². The minimum Gasteiger partial charge on any atom is -0.368 e. The molecule has 0 amide bonds. The predicted octanol–water partition coefficient (Wildman–Crippen LogP) is 1.68. The van der Waals surface area contributed by atoms with Crippen molar-refractivity contribution in [3.8, 4) is 0 Å². The Labute approximate surface area is 116 Å². The van der Waals surface area contributed by atoms with E-state index >= 15 is 0 Å². The van der Waals surface area contributed by atoms with E-state index in [-0.39, 0.29) is 0 Å². The lowest BCUT2D eigenvalue weighted by Crippen LogP contribution is -2.63. The average molecular weight is 259 g/mol. The number of piperazine rings is 1. The summed E-state index contributed by atoms with van der Waals surface area (Å²) in [5, 5.41) is 0.